The predicted molar refractivity (Wildman–Crippen MR) is 82.7 cm³/mol. The van der Waals surface area contributed by atoms with Gasteiger partial charge >= 0.3 is 5.97 Å². The highest BCUT2D eigenvalue weighted by Gasteiger charge is 2.22. The first-order chi connectivity index (χ1) is 10.0. The Kier molecular flexibility index (Phi) is 7.97. The summed E-state index contributed by atoms with van der Waals surface area (Å²) in [5.74, 6) is -0.114. The van der Waals surface area contributed by atoms with Gasteiger partial charge in [0.25, 0.3) is 0 Å². The lowest BCUT2D eigenvalue weighted by molar-refractivity contribution is -0.144. The molecule has 1 aromatic carbocycles. The molecule has 0 heterocycles. The fourth-order valence-electron chi connectivity index (χ4n) is 1.96. The van der Waals surface area contributed by atoms with Crippen molar-refractivity contribution in [2.75, 3.05) is 20.3 Å². The molecule has 0 fully saturated rings. The zero-order valence-corrected chi connectivity index (χ0v) is 13.0. The second-order valence-electron chi connectivity index (χ2n) is 5.41. The van der Waals surface area contributed by atoms with E-state index >= 15 is 0 Å². The van der Waals surface area contributed by atoms with Crippen LogP contribution in [0.4, 0.5) is 0 Å². The van der Waals surface area contributed by atoms with E-state index in [-0.39, 0.29) is 24.0 Å². The molecule has 21 heavy (non-hydrogen) atoms. The molecule has 0 aliphatic rings. The quantitative estimate of drug-likeness (QED) is 0.672. The molecular formula is C16H26N2O3. The molecule has 5 nitrogen and oxygen atoms in total. The van der Waals surface area contributed by atoms with Gasteiger partial charge in [0.15, 0.2) is 0 Å². The van der Waals surface area contributed by atoms with Crippen molar-refractivity contribution in [2.24, 2.45) is 11.7 Å². The van der Waals surface area contributed by atoms with Gasteiger partial charge in [-0.25, -0.2) is 0 Å². The van der Waals surface area contributed by atoms with Crippen LogP contribution in [-0.4, -0.2) is 38.3 Å². The Bertz CT molecular complexity index is 409. The largest absolute Gasteiger partial charge is 0.468 e. The summed E-state index contributed by atoms with van der Waals surface area (Å²) >= 11 is 0. The second-order valence-corrected chi connectivity index (χ2v) is 5.41. The average molecular weight is 294 g/mol. The fraction of sp³-hybridized carbons (Fsp3) is 0.562. The molecule has 1 unspecified atom stereocenters. The van der Waals surface area contributed by atoms with Crippen LogP contribution in [-0.2, 0) is 20.9 Å². The fourth-order valence-corrected chi connectivity index (χ4v) is 1.96. The molecule has 0 saturated heterocycles. The Morgan fingerprint density at radius 1 is 1.29 bits per heavy atom. The number of esters is 1. The van der Waals surface area contributed by atoms with Crippen molar-refractivity contribution in [3.8, 4) is 0 Å². The maximum absolute atomic E-state index is 11.6. The summed E-state index contributed by atoms with van der Waals surface area (Å²) in [4.78, 5) is 11.6. The number of carbonyl (C=O) groups excluding carboxylic acids is 1. The molecule has 118 valence electrons. The topological polar surface area (TPSA) is 73.6 Å². The van der Waals surface area contributed by atoms with E-state index in [2.05, 4.69) is 5.32 Å². The molecule has 0 saturated carbocycles. The molecule has 0 amide bonds. The van der Waals surface area contributed by atoms with Crippen LogP contribution in [0.1, 0.15) is 19.4 Å². The number of methoxy groups -OCH3 is 1. The summed E-state index contributed by atoms with van der Waals surface area (Å²) in [5, 5.41) is 3.14. The first-order valence-corrected chi connectivity index (χ1v) is 7.23. The highest BCUT2D eigenvalue weighted by Crippen LogP contribution is 2.04. The van der Waals surface area contributed by atoms with Gasteiger partial charge in [-0.1, -0.05) is 44.2 Å². The van der Waals surface area contributed by atoms with Crippen LogP contribution in [0.2, 0.25) is 0 Å². The number of benzene rings is 1. The summed E-state index contributed by atoms with van der Waals surface area (Å²) < 4.78 is 10.4. The minimum Gasteiger partial charge on any atom is -0.468 e. The first-order valence-electron chi connectivity index (χ1n) is 7.23. The van der Waals surface area contributed by atoms with Crippen molar-refractivity contribution in [3.05, 3.63) is 35.9 Å². The smallest absolute Gasteiger partial charge is 0.323 e. The number of rotatable bonds is 9. The van der Waals surface area contributed by atoms with Crippen LogP contribution in [0.25, 0.3) is 0 Å². The predicted octanol–water partition coefficient (Wildman–Crippen LogP) is 1.32. The minimum absolute atomic E-state index is 0.148. The van der Waals surface area contributed by atoms with Gasteiger partial charge in [-0.2, -0.15) is 0 Å². The number of nitrogens with one attached hydrogen (secondary N) is 1. The van der Waals surface area contributed by atoms with Gasteiger partial charge in [0.2, 0.25) is 0 Å². The molecule has 0 aromatic heterocycles. The van der Waals surface area contributed by atoms with Crippen LogP contribution in [0.15, 0.2) is 30.3 Å². The summed E-state index contributed by atoms with van der Waals surface area (Å²) in [6.45, 7) is 5.41. The SMILES string of the molecule is COC(=O)C(NC[C@@H](N)COCc1ccccc1)C(C)C. The Morgan fingerprint density at radius 3 is 2.52 bits per heavy atom. The first kappa shape index (κ1) is 17.6. The van der Waals surface area contributed by atoms with E-state index in [9.17, 15) is 4.79 Å². The van der Waals surface area contributed by atoms with Gasteiger partial charge in [-0.15, -0.1) is 0 Å². The Hall–Kier alpha value is -1.43. The molecule has 0 bridgehead atoms. The van der Waals surface area contributed by atoms with Gasteiger partial charge in [-0.3, -0.25) is 4.79 Å². The van der Waals surface area contributed by atoms with Crippen molar-refractivity contribution >= 4 is 5.97 Å². The molecule has 0 spiro atoms. The number of ether oxygens (including phenoxy) is 2. The lowest BCUT2D eigenvalue weighted by atomic mass is 10.0. The summed E-state index contributed by atoms with van der Waals surface area (Å²) in [7, 11) is 1.39. The molecule has 0 aliphatic heterocycles. The van der Waals surface area contributed by atoms with Crippen LogP contribution in [0.5, 0.6) is 0 Å². The van der Waals surface area contributed by atoms with Crippen molar-refractivity contribution < 1.29 is 14.3 Å². The third-order valence-electron chi connectivity index (χ3n) is 3.17. The Morgan fingerprint density at radius 2 is 1.95 bits per heavy atom. The van der Waals surface area contributed by atoms with Crippen molar-refractivity contribution in [1.82, 2.24) is 5.32 Å². The van der Waals surface area contributed by atoms with Gasteiger partial charge in [0, 0.05) is 12.6 Å². The van der Waals surface area contributed by atoms with Crippen LogP contribution < -0.4 is 11.1 Å². The Labute approximate surface area is 126 Å². The minimum atomic E-state index is -0.338. The lowest BCUT2D eigenvalue weighted by Crippen LogP contribution is -2.48. The summed E-state index contributed by atoms with van der Waals surface area (Å²) in [6.07, 6.45) is 0. The number of hydrogen-bond donors (Lipinski definition) is 2. The van der Waals surface area contributed by atoms with Gasteiger partial charge in [0.05, 0.1) is 20.3 Å². The van der Waals surface area contributed by atoms with Gasteiger partial charge in [-0.05, 0) is 11.5 Å². The van der Waals surface area contributed by atoms with Gasteiger partial charge in [0.1, 0.15) is 6.04 Å². The molecule has 2 atom stereocenters. The van der Waals surface area contributed by atoms with E-state index in [1.54, 1.807) is 0 Å². The van der Waals surface area contributed by atoms with E-state index < -0.39 is 0 Å². The van der Waals surface area contributed by atoms with Crippen molar-refractivity contribution in [3.63, 3.8) is 0 Å². The maximum Gasteiger partial charge on any atom is 0.323 e. The molecule has 1 rings (SSSR count). The van der Waals surface area contributed by atoms with Gasteiger partial charge < -0.3 is 20.5 Å². The molecule has 1 aromatic rings. The number of carbonyl (C=O) groups is 1. The molecular weight excluding hydrogens is 268 g/mol. The van der Waals surface area contributed by atoms with E-state index in [0.717, 1.165) is 5.56 Å². The van der Waals surface area contributed by atoms with Crippen molar-refractivity contribution in [1.29, 1.82) is 0 Å². The third-order valence-corrected chi connectivity index (χ3v) is 3.17. The highest BCUT2D eigenvalue weighted by molar-refractivity contribution is 5.75. The van der Waals surface area contributed by atoms with Crippen molar-refractivity contribution in [2.45, 2.75) is 32.5 Å². The molecule has 0 aliphatic carbocycles. The monoisotopic (exact) mass is 294 g/mol. The number of hydrogen-bond acceptors (Lipinski definition) is 5. The molecule has 0 radical (unpaired) electrons. The third kappa shape index (κ3) is 6.71. The standard InChI is InChI=1S/C16H26N2O3/c1-12(2)15(16(19)20-3)18-9-14(17)11-21-10-13-7-5-4-6-8-13/h4-8,12,14-15,18H,9-11,17H2,1-3H3/t14-,15?/m1/s1. The lowest BCUT2D eigenvalue weighted by Gasteiger charge is -2.22. The van der Waals surface area contributed by atoms with E-state index in [0.29, 0.717) is 19.8 Å². The molecule has 5 heteroatoms. The normalized spacial score (nSPS) is 14.0. The van der Waals surface area contributed by atoms with Crippen LogP contribution in [0, 0.1) is 5.92 Å². The summed E-state index contributed by atoms with van der Waals surface area (Å²) in [5.41, 5.74) is 7.11. The highest BCUT2D eigenvalue weighted by atomic mass is 16.5. The van der Waals surface area contributed by atoms with E-state index in [1.807, 2.05) is 44.2 Å². The van der Waals surface area contributed by atoms with E-state index in [1.165, 1.54) is 7.11 Å². The number of nitrogens with two attached hydrogens (primary N) is 1. The second kappa shape index (κ2) is 9.50. The zero-order chi connectivity index (χ0) is 15.7. The van der Waals surface area contributed by atoms with Crippen LogP contribution >= 0.6 is 0 Å². The summed E-state index contributed by atoms with van der Waals surface area (Å²) in [6, 6.07) is 9.44. The Balaban J connectivity index is 2.26. The van der Waals surface area contributed by atoms with E-state index in [4.69, 9.17) is 15.2 Å². The average Bonchev–Trinajstić information content (AvgIpc) is 2.47. The maximum atomic E-state index is 11.6. The van der Waals surface area contributed by atoms with Crippen LogP contribution in [0.3, 0.4) is 0 Å². The molecule has 3 N–H and O–H groups in total. The zero-order valence-electron chi connectivity index (χ0n) is 13.0.